The Morgan fingerprint density at radius 2 is 1.83 bits per heavy atom. The molecule has 0 saturated heterocycles. The highest BCUT2D eigenvalue weighted by Crippen LogP contribution is 2.35. The van der Waals surface area contributed by atoms with Crippen molar-refractivity contribution in [2.75, 3.05) is 5.32 Å². The molecule has 0 aliphatic heterocycles. The number of anilines is 1. The van der Waals surface area contributed by atoms with E-state index in [-0.39, 0.29) is 11.5 Å². The molecule has 0 aliphatic rings. The first-order chi connectivity index (χ1) is 14.4. The van der Waals surface area contributed by atoms with Gasteiger partial charge in [-0.25, -0.2) is 4.98 Å². The molecule has 0 bridgehead atoms. The first-order valence-electron chi connectivity index (χ1n) is 9.80. The number of thiophene rings is 1. The predicted octanol–water partition coefficient (Wildman–Crippen LogP) is 5.25. The van der Waals surface area contributed by atoms with E-state index in [0.29, 0.717) is 10.2 Å². The first kappa shape index (κ1) is 20.0. The van der Waals surface area contributed by atoms with Gasteiger partial charge in [0.05, 0.1) is 11.7 Å². The minimum Gasteiger partial charge on any atom is -0.324 e. The summed E-state index contributed by atoms with van der Waals surface area (Å²) in [6, 6.07) is 15.0. The fraction of sp³-hybridized carbons (Fsp3) is 0.208. The lowest BCUT2D eigenvalue weighted by Gasteiger charge is -2.16. The molecule has 2 heterocycles. The van der Waals surface area contributed by atoms with Crippen molar-refractivity contribution in [3.05, 3.63) is 81.2 Å². The summed E-state index contributed by atoms with van der Waals surface area (Å²) in [5.74, 6) is -0.250. The number of nitrogens with zero attached hydrogens (tertiary/aromatic N) is 2. The fourth-order valence-corrected chi connectivity index (χ4v) is 4.58. The molecule has 5 nitrogen and oxygen atoms in total. The Morgan fingerprint density at radius 3 is 2.57 bits per heavy atom. The normalized spacial score (nSPS) is 12.1. The van der Waals surface area contributed by atoms with Crippen molar-refractivity contribution in [1.29, 1.82) is 0 Å². The number of benzene rings is 2. The van der Waals surface area contributed by atoms with Crippen molar-refractivity contribution in [1.82, 2.24) is 9.55 Å². The van der Waals surface area contributed by atoms with Gasteiger partial charge in [-0.15, -0.1) is 11.3 Å². The second kappa shape index (κ2) is 7.88. The minimum absolute atomic E-state index is 0.202. The third kappa shape index (κ3) is 3.55. The van der Waals surface area contributed by atoms with E-state index in [1.807, 2.05) is 69.3 Å². The smallest absolute Gasteiger partial charge is 0.263 e. The highest BCUT2D eigenvalue weighted by Gasteiger charge is 2.22. The Balaban J connectivity index is 1.76. The van der Waals surface area contributed by atoms with E-state index in [4.69, 9.17) is 0 Å². The molecule has 2 aromatic carbocycles. The number of amides is 1. The molecule has 1 N–H and O–H groups in total. The zero-order valence-electron chi connectivity index (χ0n) is 17.4. The highest BCUT2D eigenvalue weighted by molar-refractivity contribution is 7.19. The molecule has 30 heavy (non-hydrogen) atoms. The summed E-state index contributed by atoms with van der Waals surface area (Å²) in [7, 11) is 0. The Hall–Kier alpha value is -3.25. The number of carbonyl (C=O) groups is 1. The Labute approximate surface area is 179 Å². The molecule has 0 unspecified atom stereocenters. The molecule has 4 rings (SSSR count). The molecule has 1 atom stereocenters. The van der Waals surface area contributed by atoms with Crippen molar-refractivity contribution in [3.63, 3.8) is 0 Å². The maximum Gasteiger partial charge on any atom is 0.263 e. The average Bonchev–Trinajstić information content (AvgIpc) is 3.08. The van der Waals surface area contributed by atoms with Gasteiger partial charge in [0.2, 0.25) is 5.91 Å². The monoisotopic (exact) mass is 417 g/mol. The van der Waals surface area contributed by atoms with E-state index >= 15 is 0 Å². The van der Waals surface area contributed by atoms with Crippen LogP contribution in [-0.2, 0) is 4.79 Å². The number of fused-ring (bicyclic) bond motifs is 1. The lowest BCUT2D eigenvalue weighted by atomic mass is 10.0. The van der Waals surface area contributed by atoms with Crippen LogP contribution in [0.1, 0.15) is 29.0 Å². The number of hydrogen-bond acceptors (Lipinski definition) is 4. The lowest BCUT2D eigenvalue weighted by Crippen LogP contribution is -2.32. The van der Waals surface area contributed by atoms with Gasteiger partial charge in [0.25, 0.3) is 5.56 Å². The third-order valence-corrected chi connectivity index (χ3v) is 6.34. The fourth-order valence-electron chi connectivity index (χ4n) is 3.58. The van der Waals surface area contributed by atoms with Crippen LogP contribution in [0.4, 0.5) is 5.69 Å². The van der Waals surface area contributed by atoms with Crippen LogP contribution in [0.3, 0.4) is 0 Å². The average molecular weight is 418 g/mol. The Morgan fingerprint density at radius 1 is 1.10 bits per heavy atom. The van der Waals surface area contributed by atoms with Crippen molar-refractivity contribution in [2.45, 2.75) is 33.7 Å². The van der Waals surface area contributed by atoms with Gasteiger partial charge in [-0.05, 0) is 50.5 Å². The van der Waals surface area contributed by atoms with E-state index < -0.39 is 6.04 Å². The Kier molecular flexibility index (Phi) is 5.26. The van der Waals surface area contributed by atoms with Gasteiger partial charge in [0, 0.05) is 16.1 Å². The quantitative estimate of drug-likeness (QED) is 0.493. The summed E-state index contributed by atoms with van der Waals surface area (Å²) < 4.78 is 1.42. The van der Waals surface area contributed by atoms with E-state index in [1.165, 1.54) is 22.2 Å². The molecule has 2 aromatic heterocycles. The molecule has 0 fully saturated rings. The molecule has 6 heteroatoms. The molecule has 4 aromatic rings. The van der Waals surface area contributed by atoms with Gasteiger partial charge in [-0.1, -0.05) is 42.5 Å². The van der Waals surface area contributed by atoms with Gasteiger partial charge in [-0.2, -0.15) is 0 Å². The van der Waals surface area contributed by atoms with Crippen LogP contribution in [0.15, 0.2) is 59.7 Å². The van der Waals surface area contributed by atoms with Crippen LogP contribution in [0.25, 0.3) is 21.3 Å². The number of aromatic nitrogens is 2. The van der Waals surface area contributed by atoms with E-state index in [9.17, 15) is 9.59 Å². The minimum atomic E-state index is -0.696. The molecule has 0 aliphatic carbocycles. The zero-order valence-corrected chi connectivity index (χ0v) is 18.2. The summed E-state index contributed by atoms with van der Waals surface area (Å²) in [4.78, 5) is 32.5. The molecule has 0 radical (unpaired) electrons. The molecule has 152 valence electrons. The topological polar surface area (TPSA) is 64.0 Å². The number of aryl methyl sites for hydroxylation is 3. The van der Waals surface area contributed by atoms with Gasteiger partial charge < -0.3 is 5.32 Å². The first-order valence-corrected chi connectivity index (χ1v) is 10.6. The summed E-state index contributed by atoms with van der Waals surface area (Å²) in [6.45, 7) is 7.64. The molecule has 1 amide bonds. The maximum absolute atomic E-state index is 13.4. The third-order valence-electron chi connectivity index (χ3n) is 5.32. The van der Waals surface area contributed by atoms with Crippen molar-refractivity contribution in [3.8, 4) is 11.1 Å². The second-order valence-corrected chi connectivity index (χ2v) is 8.72. The summed E-state index contributed by atoms with van der Waals surface area (Å²) >= 11 is 1.50. The SMILES string of the molecule is Cc1ccc(C)c(NC(=O)[C@@H](C)n2cnc3sc(C)c(-c4ccccc4)c3c2=O)c1. The zero-order chi connectivity index (χ0) is 21.4. The summed E-state index contributed by atoms with van der Waals surface area (Å²) in [5, 5.41) is 3.52. The van der Waals surface area contributed by atoms with Gasteiger partial charge in [-0.3, -0.25) is 14.2 Å². The van der Waals surface area contributed by atoms with Crippen molar-refractivity contribution < 1.29 is 4.79 Å². The number of hydrogen-bond donors (Lipinski definition) is 1. The van der Waals surface area contributed by atoms with E-state index in [0.717, 1.165) is 32.8 Å². The van der Waals surface area contributed by atoms with Crippen LogP contribution in [-0.4, -0.2) is 15.5 Å². The van der Waals surface area contributed by atoms with Crippen LogP contribution >= 0.6 is 11.3 Å². The second-order valence-electron chi connectivity index (χ2n) is 7.52. The maximum atomic E-state index is 13.4. The molecule has 0 spiro atoms. The summed E-state index contributed by atoms with van der Waals surface area (Å²) in [5.41, 5.74) is 4.46. The number of rotatable bonds is 4. The van der Waals surface area contributed by atoms with Crippen LogP contribution in [0.5, 0.6) is 0 Å². The molecular formula is C24H23N3O2S. The van der Waals surface area contributed by atoms with Crippen LogP contribution in [0.2, 0.25) is 0 Å². The van der Waals surface area contributed by atoms with Crippen LogP contribution < -0.4 is 10.9 Å². The molecule has 0 saturated carbocycles. The Bertz CT molecular complexity index is 1310. The molecular weight excluding hydrogens is 394 g/mol. The largest absolute Gasteiger partial charge is 0.324 e. The van der Waals surface area contributed by atoms with Gasteiger partial charge in [0.1, 0.15) is 10.9 Å². The lowest BCUT2D eigenvalue weighted by molar-refractivity contribution is -0.118. The number of carbonyl (C=O) groups excluding carboxylic acids is 1. The van der Waals surface area contributed by atoms with Crippen LogP contribution in [0, 0.1) is 20.8 Å². The summed E-state index contributed by atoms with van der Waals surface area (Å²) in [6.07, 6.45) is 1.47. The van der Waals surface area contributed by atoms with Gasteiger partial charge >= 0.3 is 0 Å². The van der Waals surface area contributed by atoms with Gasteiger partial charge in [0.15, 0.2) is 0 Å². The van der Waals surface area contributed by atoms with E-state index in [1.54, 1.807) is 6.92 Å². The highest BCUT2D eigenvalue weighted by atomic mass is 32.1. The van der Waals surface area contributed by atoms with Crippen molar-refractivity contribution in [2.24, 2.45) is 0 Å². The standard InChI is InChI=1S/C24H23N3O2S/c1-14-10-11-15(2)19(12-14)26-22(28)16(3)27-13-25-23-21(24(27)29)20(17(4)30-23)18-8-6-5-7-9-18/h5-13,16H,1-4H3,(H,26,28)/t16-/m1/s1. The predicted molar refractivity (Wildman–Crippen MR) is 123 cm³/mol. The van der Waals surface area contributed by atoms with Crippen molar-refractivity contribution >= 4 is 33.1 Å². The van der Waals surface area contributed by atoms with E-state index in [2.05, 4.69) is 10.3 Å². The number of nitrogens with one attached hydrogen (secondary N) is 1.